The van der Waals surface area contributed by atoms with E-state index in [1.54, 1.807) is 44.9 Å². The third-order valence-corrected chi connectivity index (χ3v) is 5.94. The van der Waals surface area contributed by atoms with Crippen molar-refractivity contribution in [1.29, 1.82) is 0 Å². The summed E-state index contributed by atoms with van der Waals surface area (Å²) >= 11 is 0. The highest BCUT2D eigenvalue weighted by atomic mass is 16.6. The summed E-state index contributed by atoms with van der Waals surface area (Å²) in [6, 6.07) is 2.69. The van der Waals surface area contributed by atoms with Crippen molar-refractivity contribution in [2.24, 2.45) is 22.4 Å². The Labute approximate surface area is 173 Å². The smallest absolute Gasteiger partial charge is 0.271 e. The summed E-state index contributed by atoms with van der Waals surface area (Å²) in [5.41, 5.74) is -0.196. The van der Waals surface area contributed by atoms with Crippen molar-refractivity contribution in [3.05, 3.63) is 46.0 Å². The number of anilines is 1. The van der Waals surface area contributed by atoms with Gasteiger partial charge in [0, 0.05) is 23.8 Å². The molecule has 0 unspecified atom stereocenters. The Morgan fingerprint density at radius 2 is 1.83 bits per heavy atom. The maximum Gasteiger partial charge on any atom is 0.271 e. The highest BCUT2D eigenvalue weighted by Gasteiger charge is 2.65. The third kappa shape index (κ3) is 2.76. The number of rotatable bonds is 3. The van der Waals surface area contributed by atoms with Crippen LogP contribution in [0.2, 0.25) is 0 Å². The van der Waals surface area contributed by atoms with E-state index >= 15 is 0 Å². The average molecular weight is 410 g/mol. The van der Waals surface area contributed by atoms with E-state index in [9.17, 15) is 24.5 Å². The van der Waals surface area contributed by atoms with Gasteiger partial charge in [-0.25, -0.2) is 4.90 Å². The molecule has 2 saturated heterocycles. The van der Waals surface area contributed by atoms with Crippen LogP contribution in [0, 0.1) is 34.3 Å². The number of hydrogen-bond donors (Lipinski definition) is 0. The second-order valence-electron chi connectivity index (χ2n) is 8.87. The molecule has 2 fully saturated rings. The number of amides is 2. The first-order chi connectivity index (χ1) is 14.0. The number of benzene rings is 1. The summed E-state index contributed by atoms with van der Waals surface area (Å²) in [7, 11) is 0. The fraction of sp³-hybridized carbons (Fsp3) is 0.429. The van der Waals surface area contributed by atoms with Gasteiger partial charge in [0.05, 0.1) is 28.5 Å². The molecule has 0 saturated carbocycles. The molecule has 30 heavy (non-hydrogen) atoms. The Balaban J connectivity index is 1.82. The van der Waals surface area contributed by atoms with Gasteiger partial charge >= 0.3 is 0 Å². The maximum absolute atomic E-state index is 13.5. The number of nitro groups is 1. The first-order valence-corrected chi connectivity index (χ1v) is 9.70. The highest BCUT2D eigenvalue weighted by Crippen LogP contribution is 2.47. The molecule has 0 spiro atoms. The van der Waals surface area contributed by atoms with Crippen LogP contribution in [0.3, 0.4) is 0 Å². The lowest BCUT2D eigenvalue weighted by atomic mass is 9.80. The molecule has 0 N–H and O–H groups in total. The monoisotopic (exact) mass is 410 g/mol. The number of Topliss-reactive ketones (excluding diaryl/α,β-unsaturated/α-hetero) is 1. The fourth-order valence-electron chi connectivity index (χ4n) is 4.47. The lowest BCUT2D eigenvalue weighted by Gasteiger charge is -2.33. The lowest BCUT2D eigenvalue weighted by Crippen LogP contribution is -2.49. The largest absolute Gasteiger partial charge is 0.297 e. The van der Waals surface area contributed by atoms with Gasteiger partial charge in [-0.3, -0.25) is 29.5 Å². The number of hydrogen-bond acceptors (Lipinski definition) is 7. The molecule has 4 rings (SSSR count). The lowest BCUT2D eigenvalue weighted by molar-refractivity contribution is -0.384. The van der Waals surface area contributed by atoms with E-state index < -0.39 is 46.1 Å². The summed E-state index contributed by atoms with van der Waals surface area (Å²) in [5, 5.41) is 17.1. The summed E-state index contributed by atoms with van der Waals surface area (Å²) in [4.78, 5) is 51.8. The summed E-state index contributed by atoms with van der Waals surface area (Å²) in [6.45, 7) is 6.99. The molecule has 156 valence electrons. The molecular weight excluding hydrogens is 388 g/mol. The van der Waals surface area contributed by atoms with Crippen LogP contribution in [-0.2, 0) is 14.4 Å². The molecular formula is C21H22N4O5. The predicted molar refractivity (Wildman–Crippen MR) is 109 cm³/mol. The van der Waals surface area contributed by atoms with Gasteiger partial charge in [0.15, 0.2) is 5.78 Å². The number of fused-ring (bicyclic) bond motifs is 3. The van der Waals surface area contributed by atoms with E-state index in [1.165, 1.54) is 24.4 Å². The van der Waals surface area contributed by atoms with Crippen LogP contribution in [0.4, 0.5) is 11.4 Å². The second-order valence-corrected chi connectivity index (χ2v) is 8.87. The first-order valence-electron chi connectivity index (χ1n) is 9.70. The Morgan fingerprint density at radius 3 is 2.47 bits per heavy atom. The molecule has 3 heterocycles. The zero-order chi connectivity index (χ0) is 22.0. The molecule has 1 aromatic rings. The second kappa shape index (κ2) is 6.58. The molecule has 9 heteroatoms. The Morgan fingerprint density at radius 1 is 1.17 bits per heavy atom. The van der Waals surface area contributed by atoms with Crippen molar-refractivity contribution in [2.45, 2.75) is 39.8 Å². The van der Waals surface area contributed by atoms with Crippen molar-refractivity contribution in [3.63, 3.8) is 0 Å². The molecule has 4 atom stereocenters. The van der Waals surface area contributed by atoms with Gasteiger partial charge in [-0.05, 0) is 18.6 Å². The molecule has 0 aliphatic carbocycles. The molecule has 0 aromatic heterocycles. The van der Waals surface area contributed by atoms with Crippen LogP contribution < -0.4 is 4.90 Å². The number of hydrazone groups is 1. The number of allylic oxidation sites excluding steroid dienone is 1. The van der Waals surface area contributed by atoms with Crippen LogP contribution >= 0.6 is 0 Å². The molecule has 2 amide bonds. The van der Waals surface area contributed by atoms with Crippen LogP contribution in [0.15, 0.2) is 35.5 Å². The molecule has 3 aliphatic heterocycles. The quantitative estimate of drug-likeness (QED) is 0.429. The van der Waals surface area contributed by atoms with E-state index in [0.717, 1.165) is 4.90 Å². The molecule has 0 bridgehead atoms. The van der Waals surface area contributed by atoms with Crippen LogP contribution in [-0.4, -0.2) is 45.8 Å². The highest BCUT2D eigenvalue weighted by molar-refractivity contribution is 6.24. The van der Waals surface area contributed by atoms with Gasteiger partial charge < -0.3 is 0 Å². The minimum Gasteiger partial charge on any atom is -0.297 e. The number of ketones is 1. The first kappa shape index (κ1) is 19.9. The van der Waals surface area contributed by atoms with E-state index in [0.29, 0.717) is 5.56 Å². The van der Waals surface area contributed by atoms with Crippen molar-refractivity contribution in [1.82, 2.24) is 5.01 Å². The molecule has 3 aliphatic rings. The minimum absolute atomic E-state index is 0.175. The predicted octanol–water partition coefficient (Wildman–Crippen LogP) is 2.23. The zero-order valence-corrected chi connectivity index (χ0v) is 17.1. The standard InChI is InChI=1S/C21H22N4O5/c1-11-7-8-12(25(29)30)10-14(11)23-19(27)15-13-6-5-9-22-24(13)17(16(15)20(23)28)18(26)21(2,3)4/h5-10,13,15-17H,1-4H3/t13-,15-,16-,17+/m1/s1. The molecule has 0 radical (unpaired) electrons. The Hall–Kier alpha value is -3.36. The molecule has 1 aromatic carbocycles. The van der Waals surface area contributed by atoms with Gasteiger partial charge in [0.25, 0.3) is 5.69 Å². The summed E-state index contributed by atoms with van der Waals surface area (Å²) < 4.78 is 0. The SMILES string of the molecule is Cc1ccc([N+](=O)[O-])cc1N1C(=O)[C@@H]2[C@H](C1=O)[C@H]1C=CC=NN1[C@@H]2C(=O)C(C)(C)C. The van der Waals surface area contributed by atoms with Gasteiger partial charge in [-0.15, -0.1) is 0 Å². The summed E-state index contributed by atoms with van der Waals surface area (Å²) in [5.74, 6) is -2.83. The number of nitrogens with zero attached hydrogens (tertiary/aromatic N) is 4. The normalized spacial score (nSPS) is 27.5. The van der Waals surface area contributed by atoms with Gasteiger partial charge in [0.1, 0.15) is 6.04 Å². The van der Waals surface area contributed by atoms with E-state index in [1.807, 2.05) is 0 Å². The van der Waals surface area contributed by atoms with Crippen LogP contribution in [0.1, 0.15) is 26.3 Å². The Kier molecular flexibility index (Phi) is 4.37. The van der Waals surface area contributed by atoms with E-state index in [-0.39, 0.29) is 17.2 Å². The third-order valence-electron chi connectivity index (χ3n) is 5.94. The number of carbonyl (C=O) groups excluding carboxylic acids is 3. The number of non-ortho nitro benzene ring substituents is 1. The van der Waals surface area contributed by atoms with Crippen LogP contribution in [0.5, 0.6) is 0 Å². The number of imide groups is 1. The van der Waals surface area contributed by atoms with E-state index in [4.69, 9.17) is 0 Å². The number of nitro benzene ring substituents is 1. The molecule has 9 nitrogen and oxygen atoms in total. The van der Waals surface area contributed by atoms with Gasteiger partial charge in [-0.1, -0.05) is 32.9 Å². The minimum atomic E-state index is -0.896. The zero-order valence-electron chi connectivity index (χ0n) is 17.1. The van der Waals surface area contributed by atoms with Gasteiger partial charge in [-0.2, -0.15) is 5.10 Å². The topological polar surface area (TPSA) is 113 Å². The Bertz CT molecular complexity index is 1040. The maximum atomic E-state index is 13.5. The fourth-order valence-corrected chi connectivity index (χ4v) is 4.47. The van der Waals surface area contributed by atoms with Crippen molar-refractivity contribution >= 4 is 35.2 Å². The van der Waals surface area contributed by atoms with Crippen LogP contribution in [0.25, 0.3) is 0 Å². The summed E-state index contributed by atoms with van der Waals surface area (Å²) in [6.07, 6.45) is 5.01. The number of aryl methyl sites for hydroxylation is 1. The van der Waals surface area contributed by atoms with Gasteiger partial charge in [0.2, 0.25) is 11.8 Å². The number of carbonyl (C=O) groups is 3. The van der Waals surface area contributed by atoms with Crippen molar-refractivity contribution < 1.29 is 19.3 Å². The van der Waals surface area contributed by atoms with Crippen molar-refractivity contribution in [3.8, 4) is 0 Å². The average Bonchev–Trinajstić information content (AvgIpc) is 3.14. The van der Waals surface area contributed by atoms with Crippen molar-refractivity contribution in [2.75, 3.05) is 4.90 Å². The van der Waals surface area contributed by atoms with E-state index in [2.05, 4.69) is 5.10 Å².